The van der Waals surface area contributed by atoms with E-state index in [-0.39, 0.29) is 5.78 Å². The summed E-state index contributed by atoms with van der Waals surface area (Å²) in [4.78, 5) is 19.8. The van der Waals surface area contributed by atoms with Crippen LogP contribution in [-0.4, -0.2) is 22.9 Å². The quantitative estimate of drug-likeness (QED) is 0.755. The van der Waals surface area contributed by atoms with Crippen molar-refractivity contribution in [1.82, 2.24) is 9.97 Å². The van der Waals surface area contributed by atoms with Crippen LogP contribution in [0.2, 0.25) is 0 Å². The Labute approximate surface area is 106 Å². The van der Waals surface area contributed by atoms with Crippen molar-refractivity contribution >= 4 is 5.78 Å². The van der Waals surface area contributed by atoms with Crippen molar-refractivity contribution in [3.8, 4) is 5.88 Å². The minimum absolute atomic E-state index is 0.000414. The van der Waals surface area contributed by atoms with Crippen LogP contribution in [0.15, 0.2) is 42.7 Å². The lowest BCUT2D eigenvalue weighted by Gasteiger charge is -2.02. The van der Waals surface area contributed by atoms with Gasteiger partial charge < -0.3 is 4.74 Å². The Morgan fingerprint density at radius 2 is 2.00 bits per heavy atom. The predicted molar refractivity (Wildman–Crippen MR) is 67.7 cm³/mol. The third-order valence-electron chi connectivity index (χ3n) is 2.62. The Morgan fingerprint density at radius 3 is 2.72 bits per heavy atom. The largest absolute Gasteiger partial charge is 0.481 e. The molecule has 1 heterocycles. The van der Waals surface area contributed by atoms with Gasteiger partial charge in [0.15, 0.2) is 5.78 Å². The van der Waals surface area contributed by atoms with Crippen molar-refractivity contribution in [1.29, 1.82) is 0 Å². The van der Waals surface area contributed by atoms with Crippen LogP contribution >= 0.6 is 0 Å². The summed E-state index contributed by atoms with van der Waals surface area (Å²) in [5, 5.41) is 0. The van der Waals surface area contributed by atoms with E-state index in [1.807, 2.05) is 30.3 Å². The van der Waals surface area contributed by atoms with Gasteiger partial charge in [0.05, 0.1) is 7.11 Å². The van der Waals surface area contributed by atoms with E-state index in [1.54, 1.807) is 6.07 Å². The number of aromatic nitrogens is 2. The van der Waals surface area contributed by atoms with Gasteiger partial charge in [-0.25, -0.2) is 9.97 Å². The van der Waals surface area contributed by atoms with E-state index < -0.39 is 0 Å². The third kappa shape index (κ3) is 3.13. The first-order valence-electron chi connectivity index (χ1n) is 5.73. The standard InChI is InChI=1S/C14H14N2O2/c1-18-14-9-12(15-10-16-14)13(17)8-7-11-5-3-2-4-6-11/h2-6,9-10H,7-8H2,1H3. The molecule has 0 unspecified atom stereocenters. The minimum atomic E-state index is -0.000414. The van der Waals surface area contributed by atoms with Gasteiger partial charge in [0, 0.05) is 12.5 Å². The van der Waals surface area contributed by atoms with Crippen molar-refractivity contribution in [3.63, 3.8) is 0 Å². The number of benzene rings is 1. The highest BCUT2D eigenvalue weighted by molar-refractivity contribution is 5.94. The number of hydrogen-bond acceptors (Lipinski definition) is 4. The summed E-state index contributed by atoms with van der Waals surface area (Å²) in [5.41, 5.74) is 1.55. The number of aryl methyl sites for hydroxylation is 1. The normalized spacial score (nSPS) is 10.1. The highest BCUT2D eigenvalue weighted by Gasteiger charge is 2.09. The second kappa shape index (κ2) is 5.91. The number of carbonyl (C=O) groups excluding carboxylic acids is 1. The Bertz CT molecular complexity index is 526. The fourth-order valence-corrected chi connectivity index (χ4v) is 1.63. The van der Waals surface area contributed by atoms with Gasteiger partial charge in [-0.15, -0.1) is 0 Å². The average molecular weight is 242 g/mol. The molecule has 0 aliphatic carbocycles. The van der Waals surface area contributed by atoms with E-state index >= 15 is 0 Å². The predicted octanol–water partition coefficient (Wildman–Crippen LogP) is 2.30. The molecule has 2 aromatic rings. The summed E-state index contributed by atoms with van der Waals surface area (Å²) in [6.07, 6.45) is 2.49. The number of ether oxygens (including phenoxy) is 1. The molecule has 0 spiro atoms. The number of rotatable bonds is 5. The van der Waals surface area contributed by atoms with Crippen LogP contribution in [0.5, 0.6) is 5.88 Å². The van der Waals surface area contributed by atoms with Gasteiger partial charge in [0.1, 0.15) is 12.0 Å². The molecule has 0 bridgehead atoms. The molecule has 0 saturated heterocycles. The zero-order valence-corrected chi connectivity index (χ0v) is 10.2. The molecule has 18 heavy (non-hydrogen) atoms. The van der Waals surface area contributed by atoms with E-state index in [4.69, 9.17) is 4.74 Å². The summed E-state index contributed by atoms with van der Waals surface area (Å²) in [6.45, 7) is 0. The smallest absolute Gasteiger partial charge is 0.216 e. The second-order valence-electron chi connectivity index (χ2n) is 3.85. The molecule has 0 saturated carbocycles. The Hall–Kier alpha value is -2.23. The van der Waals surface area contributed by atoms with Crippen molar-refractivity contribution < 1.29 is 9.53 Å². The van der Waals surface area contributed by atoms with Crippen LogP contribution in [0.1, 0.15) is 22.5 Å². The highest BCUT2D eigenvalue weighted by Crippen LogP contribution is 2.10. The first-order chi connectivity index (χ1) is 8.79. The fraction of sp³-hybridized carbons (Fsp3) is 0.214. The molecule has 1 aromatic carbocycles. The van der Waals surface area contributed by atoms with Crippen LogP contribution in [0, 0.1) is 0 Å². The number of methoxy groups -OCH3 is 1. The molecule has 0 aliphatic rings. The summed E-state index contributed by atoms with van der Waals surface area (Å²) in [5.74, 6) is 0.410. The minimum Gasteiger partial charge on any atom is -0.481 e. The van der Waals surface area contributed by atoms with Gasteiger partial charge in [-0.2, -0.15) is 0 Å². The Kier molecular flexibility index (Phi) is 4.02. The van der Waals surface area contributed by atoms with E-state index in [0.29, 0.717) is 24.4 Å². The van der Waals surface area contributed by atoms with Gasteiger partial charge >= 0.3 is 0 Å². The topological polar surface area (TPSA) is 52.1 Å². The molecule has 0 fully saturated rings. The summed E-state index contributed by atoms with van der Waals surface area (Å²) in [6, 6.07) is 11.5. The average Bonchev–Trinajstić information content (AvgIpc) is 2.46. The van der Waals surface area contributed by atoms with Gasteiger partial charge in [-0.3, -0.25) is 4.79 Å². The molecule has 4 nitrogen and oxygen atoms in total. The maximum Gasteiger partial charge on any atom is 0.216 e. The lowest BCUT2D eigenvalue weighted by atomic mass is 10.1. The number of carbonyl (C=O) groups is 1. The molecule has 0 atom stereocenters. The van der Waals surface area contributed by atoms with Crippen LogP contribution in [-0.2, 0) is 6.42 Å². The Balaban J connectivity index is 1.99. The number of nitrogens with zero attached hydrogens (tertiary/aromatic N) is 2. The van der Waals surface area contributed by atoms with Gasteiger partial charge in [0.25, 0.3) is 0 Å². The van der Waals surface area contributed by atoms with Crippen LogP contribution in [0.25, 0.3) is 0 Å². The number of ketones is 1. The summed E-state index contributed by atoms with van der Waals surface area (Å²) < 4.78 is 4.96. The number of Topliss-reactive ketones (excluding diaryl/α,β-unsaturated/α-hetero) is 1. The molecule has 0 amide bonds. The molecule has 1 aromatic heterocycles. The zero-order valence-electron chi connectivity index (χ0n) is 10.2. The molecule has 92 valence electrons. The van der Waals surface area contributed by atoms with Crippen LogP contribution in [0.4, 0.5) is 0 Å². The lowest BCUT2D eigenvalue weighted by Crippen LogP contribution is -2.05. The van der Waals surface area contributed by atoms with Crippen molar-refractivity contribution in [2.24, 2.45) is 0 Å². The summed E-state index contributed by atoms with van der Waals surface area (Å²) >= 11 is 0. The van der Waals surface area contributed by atoms with Crippen molar-refractivity contribution in [3.05, 3.63) is 54.0 Å². The molecule has 2 rings (SSSR count). The maximum absolute atomic E-state index is 11.9. The van der Waals surface area contributed by atoms with E-state index in [0.717, 1.165) is 5.56 Å². The first-order valence-corrected chi connectivity index (χ1v) is 5.73. The third-order valence-corrected chi connectivity index (χ3v) is 2.62. The van der Waals surface area contributed by atoms with Gasteiger partial charge in [-0.05, 0) is 12.0 Å². The monoisotopic (exact) mass is 242 g/mol. The molecule has 4 heteroatoms. The molecule has 0 aliphatic heterocycles. The van der Waals surface area contributed by atoms with E-state index in [1.165, 1.54) is 13.4 Å². The SMILES string of the molecule is COc1cc(C(=O)CCc2ccccc2)ncn1. The van der Waals surface area contributed by atoms with Crippen LogP contribution < -0.4 is 4.74 Å². The lowest BCUT2D eigenvalue weighted by molar-refractivity contribution is 0.0977. The molecular weight excluding hydrogens is 228 g/mol. The molecular formula is C14H14N2O2. The van der Waals surface area contributed by atoms with Crippen molar-refractivity contribution in [2.45, 2.75) is 12.8 Å². The Morgan fingerprint density at radius 1 is 1.22 bits per heavy atom. The number of hydrogen-bond donors (Lipinski definition) is 0. The van der Waals surface area contributed by atoms with E-state index in [2.05, 4.69) is 9.97 Å². The van der Waals surface area contributed by atoms with E-state index in [9.17, 15) is 4.79 Å². The molecule has 0 radical (unpaired) electrons. The van der Waals surface area contributed by atoms with Gasteiger partial charge in [0.2, 0.25) is 5.88 Å². The summed E-state index contributed by atoms with van der Waals surface area (Å²) in [7, 11) is 1.51. The van der Waals surface area contributed by atoms with Crippen molar-refractivity contribution in [2.75, 3.05) is 7.11 Å². The first kappa shape index (κ1) is 12.2. The second-order valence-corrected chi connectivity index (χ2v) is 3.85. The van der Waals surface area contributed by atoms with Gasteiger partial charge in [-0.1, -0.05) is 30.3 Å². The van der Waals surface area contributed by atoms with Crippen LogP contribution in [0.3, 0.4) is 0 Å². The zero-order chi connectivity index (χ0) is 12.8. The fourth-order valence-electron chi connectivity index (χ4n) is 1.63. The maximum atomic E-state index is 11.9. The highest BCUT2D eigenvalue weighted by atomic mass is 16.5. The molecule has 0 N–H and O–H groups in total.